The average Bonchev–Trinajstić information content (AvgIpc) is 2.94. The molecule has 0 spiro atoms. The highest BCUT2D eigenvalue weighted by molar-refractivity contribution is 6.37. The van der Waals surface area contributed by atoms with Crippen molar-refractivity contribution in [2.45, 2.75) is 27.2 Å². The number of amides is 1. The van der Waals surface area contributed by atoms with Crippen LogP contribution in [0.1, 0.15) is 34.2 Å². The van der Waals surface area contributed by atoms with E-state index in [-0.39, 0.29) is 22.1 Å². The number of anilines is 1. The maximum absolute atomic E-state index is 12.6. The van der Waals surface area contributed by atoms with E-state index in [4.69, 9.17) is 23.2 Å². The first-order valence-electron chi connectivity index (χ1n) is 8.23. The molecule has 0 saturated heterocycles. The molecule has 0 radical (unpaired) electrons. The number of carbonyl (C=O) groups excluding carboxylic acids is 1. The zero-order chi connectivity index (χ0) is 19.7. The van der Waals surface area contributed by atoms with Crippen LogP contribution >= 0.6 is 23.2 Å². The summed E-state index contributed by atoms with van der Waals surface area (Å²) >= 11 is 12.0. The highest BCUT2D eigenvalue weighted by atomic mass is 35.5. The van der Waals surface area contributed by atoms with Crippen molar-refractivity contribution in [1.82, 2.24) is 19.7 Å². The summed E-state index contributed by atoms with van der Waals surface area (Å²) in [5, 5.41) is 7.73. The van der Waals surface area contributed by atoms with Gasteiger partial charge in [0.2, 0.25) is 5.95 Å². The number of aromatic nitrogens is 4. The van der Waals surface area contributed by atoms with Gasteiger partial charge in [-0.2, -0.15) is 9.78 Å². The van der Waals surface area contributed by atoms with E-state index in [0.29, 0.717) is 34.2 Å². The fourth-order valence-corrected chi connectivity index (χ4v) is 3.21. The quantitative estimate of drug-likeness (QED) is 0.691. The number of carbonyl (C=O) groups is 1. The average molecular weight is 406 g/mol. The van der Waals surface area contributed by atoms with Crippen LogP contribution in [0.5, 0.6) is 0 Å². The van der Waals surface area contributed by atoms with E-state index in [2.05, 4.69) is 20.4 Å². The number of nitrogens with one attached hydrogen (secondary N) is 2. The van der Waals surface area contributed by atoms with Gasteiger partial charge in [-0.15, -0.1) is 0 Å². The van der Waals surface area contributed by atoms with Crippen molar-refractivity contribution in [2.75, 3.05) is 5.32 Å². The van der Waals surface area contributed by atoms with Crippen LogP contribution < -0.4 is 10.9 Å². The molecule has 9 heteroatoms. The molecule has 1 aromatic carbocycles. The minimum absolute atomic E-state index is 0.223. The molecule has 7 nitrogen and oxygen atoms in total. The Bertz CT molecular complexity index is 1090. The van der Waals surface area contributed by atoms with Crippen molar-refractivity contribution in [3.05, 3.63) is 67.2 Å². The summed E-state index contributed by atoms with van der Waals surface area (Å²) in [6.07, 6.45) is 0.575. The van der Waals surface area contributed by atoms with Crippen LogP contribution in [0.3, 0.4) is 0 Å². The van der Waals surface area contributed by atoms with Crippen molar-refractivity contribution >= 4 is 34.9 Å². The number of hydrogen-bond acceptors (Lipinski definition) is 4. The van der Waals surface area contributed by atoms with E-state index < -0.39 is 5.91 Å². The second-order valence-electron chi connectivity index (χ2n) is 5.97. The number of aryl methyl sites for hydroxylation is 2. The molecule has 0 atom stereocenters. The van der Waals surface area contributed by atoms with Gasteiger partial charge in [-0.05, 0) is 38.5 Å². The Morgan fingerprint density at radius 3 is 2.63 bits per heavy atom. The predicted molar refractivity (Wildman–Crippen MR) is 105 cm³/mol. The Labute approximate surface area is 165 Å². The fraction of sp³-hybridized carbons (Fsp3) is 0.222. The molecule has 0 aliphatic heterocycles. The van der Waals surface area contributed by atoms with Gasteiger partial charge in [0.1, 0.15) is 5.82 Å². The molecule has 140 valence electrons. The van der Waals surface area contributed by atoms with Crippen molar-refractivity contribution < 1.29 is 4.79 Å². The molecule has 2 N–H and O–H groups in total. The van der Waals surface area contributed by atoms with Gasteiger partial charge in [-0.3, -0.25) is 14.6 Å². The van der Waals surface area contributed by atoms with Gasteiger partial charge in [0.05, 0.1) is 16.3 Å². The molecule has 3 rings (SSSR count). The Balaban J connectivity index is 2.00. The fourth-order valence-electron chi connectivity index (χ4n) is 2.72. The third-order valence-corrected chi connectivity index (χ3v) is 4.56. The highest BCUT2D eigenvalue weighted by Gasteiger charge is 2.17. The number of benzene rings is 1. The van der Waals surface area contributed by atoms with Gasteiger partial charge in [-0.25, -0.2) is 4.98 Å². The second-order valence-corrected chi connectivity index (χ2v) is 6.81. The van der Waals surface area contributed by atoms with Gasteiger partial charge >= 0.3 is 0 Å². The zero-order valence-electron chi connectivity index (χ0n) is 14.9. The van der Waals surface area contributed by atoms with E-state index in [1.807, 2.05) is 6.92 Å². The summed E-state index contributed by atoms with van der Waals surface area (Å²) in [5.41, 5.74) is 1.91. The molecule has 0 aliphatic rings. The number of nitrogens with zero attached hydrogens (tertiary/aromatic N) is 3. The molecule has 1 amide bonds. The summed E-state index contributed by atoms with van der Waals surface area (Å²) in [6.45, 7) is 5.42. The Morgan fingerprint density at radius 2 is 2.00 bits per heavy atom. The number of rotatable bonds is 4. The molecular formula is C18H17Cl2N5O2. The first kappa shape index (κ1) is 19.1. The normalized spacial score (nSPS) is 10.9. The summed E-state index contributed by atoms with van der Waals surface area (Å²) < 4.78 is 1.38. The Morgan fingerprint density at radius 1 is 1.26 bits per heavy atom. The van der Waals surface area contributed by atoms with Crippen molar-refractivity contribution in [3.8, 4) is 5.95 Å². The van der Waals surface area contributed by atoms with Crippen LogP contribution in [-0.2, 0) is 6.42 Å². The van der Waals surface area contributed by atoms with Crippen LogP contribution in [-0.4, -0.2) is 25.7 Å². The van der Waals surface area contributed by atoms with Crippen LogP contribution in [0, 0.1) is 13.8 Å². The molecule has 3 aromatic rings. The minimum atomic E-state index is -0.429. The van der Waals surface area contributed by atoms with Gasteiger partial charge in [0.15, 0.2) is 0 Å². The Kier molecular flexibility index (Phi) is 5.34. The van der Waals surface area contributed by atoms with Crippen LogP contribution in [0.4, 0.5) is 5.82 Å². The van der Waals surface area contributed by atoms with Crippen molar-refractivity contribution in [3.63, 3.8) is 0 Å². The summed E-state index contributed by atoms with van der Waals surface area (Å²) in [5.74, 6) is 0.151. The predicted octanol–water partition coefficient (Wildman–Crippen LogP) is 3.69. The largest absolute Gasteiger partial charge is 0.306 e. The van der Waals surface area contributed by atoms with Crippen LogP contribution in [0.25, 0.3) is 5.95 Å². The Hall–Kier alpha value is -2.64. The molecule has 0 unspecified atom stereocenters. The lowest BCUT2D eigenvalue weighted by atomic mass is 10.2. The van der Waals surface area contributed by atoms with Crippen molar-refractivity contribution in [1.29, 1.82) is 0 Å². The topological polar surface area (TPSA) is 92.7 Å². The van der Waals surface area contributed by atoms with Gasteiger partial charge in [0, 0.05) is 22.3 Å². The number of halogens is 2. The van der Waals surface area contributed by atoms with E-state index >= 15 is 0 Å². The lowest BCUT2D eigenvalue weighted by Gasteiger charge is -2.10. The third-order valence-electron chi connectivity index (χ3n) is 4.01. The van der Waals surface area contributed by atoms with Crippen molar-refractivity contribution in [2.24, 2.45) is 0 Å². The molecular weight excluding hydrogens is 389 g/mol. The molecule has 0 fully saturated rings. The first-order chi connectivity index (χ1) is 12.8. The van der Waals surface area contributed by atoms with Gasteiger partial charge < -0.3 is 5.32 Å². The second kappa shape index (κ2) is 7.54. The summed E-state index contributed by atoms with van der Waals surface area (Å²) in [6, 6.07) is 6.28. The molecule has 0 bridgehead atoms. The number of hydrogen-bond donors (Lipinski definition) is 2. The number of H-pyrrole nitrogens is 1. The van der Waals surface area contributed by atoms with Crippen LogP contribution in [0.15, 0.2) is 29.1 Å². The lowest BCUT2D eigenvalue weighted by Crippen LogP contribution is -2.22. The van der Waals surface area contributed by atoms with Gasteiger partial charge in [0.25, 0.3) is 11.5 Å². The molecule has 27 heavy (non-hydrogen) atoms. The maximum atomic E-state index is 12.6. The van der Waals surface area contributed by atoms with E-state index in [1.54, 1.807) is 26.0 Å². The number of aromatic amines is 1. The summed E-state index contributed by atoms with van der Waals surface area (Å²) in [7, 11) is 0. The maximum Gasteiger partial charge on any atom is 0.258 e. The van der Waals surface area contributed by atoms with E-state index in [1.165, 1.54) is 16.8 Å². The third kappa shape index (κ3) is 3.89. The first-order valence-corrected chi connectivity index (χ1v) is 8.99. The van der Waals surface area contributed by atoms with Crippen LogP contribution in [0.2, 0.25) is 10.0 Å². The van der Waals surface area contributed by atoms with E-state index in [0.717, 1.165) is 0 Å². The van der Waals surface area contributed by atoms with E-state index in [9.17, 15) is 9.59 Å². The SMILES string of the molecule is CCc1c(C)nc(-n2nc(C)cc2NC(=O)c2ccc(Cl)cc2Cl)[nH]c1=O. The molecule has 0 aliphatic carbocycles. The monoisotopic (exact) mass is 405 g/mol. The minimum Gasteiger partial charge on any atom is -0.306 e. The lowest BCUT2D eigenvalue weighted by molar-refractivity contribution is 0.102. The molecule has 2 aromatic heterocycles. The van der Waals surface area contributed by atoms with Gasteiger partial charge in [-0.1, -0.05) is 30.1 Å². The smallest absolute Gasteiger partial charge is 0.258 e. The standard InChI is InChI=1S/C18H17Cl2N5O2/c1-4-12-10(3)21-18(23-16(12)26)25-15(7-9(2)24-25)22-17(27)13-6-5-11(19)8-14(13)20/h5-8H,4H2,1-3H3,(H,22,27)(H,21,23,26). The summed E-state index contributed by atoms with van der Waals surface area (Å²) in [4.78, 5) is 32.0. The highest BCUT2D eigenvalue weighted by Crippen LogP contribution is 2.23. The molecule has 0 saturated carbocycles. The molecule has 2 heterocycles. The zero-order valence-corrected chi connectivity index (χ0v) is 16.4.